The predicted octanol–water partition coefficient (Wildman–Crippen LogP) is 0.173. The lowest BCUT2D eigenvalue weighted by Crippen LogP contribution is -2.43. The maximum absolute atomic E-state index is 11.7. The molecular weight excluding hydrogens is 210 g/mol. The Kier molecular flexibility index (Phi) is 2.38. The number of allylic oxidation sites excluding steroid dienone is 2. The van der Waals surface area contributed by atoms with E-state index in [1.807, 2.05) is 0 Å². The fraction of sp³-hybridized carbons (Fsp3) is 0.364. The highest BCUT2D eigenvalue weighted by atomic mass is 16.5. The SMILES string of the molecule is COC(=O)[C@@H]1C=C(C)C2=CC(=O)CC(=O)N21. The number of ketones is 1. The number of hydrogen-bond acceptors (Lipinski definition) is 4. The Labute approximate surface area is 92.4 Å². The van der Waals surface area contributed by atoms with Crippen molar-refractivity contribution >= 4 is 17.7 Å². The fourth-order valence-corrected chi connectivity index (χ4v) is 1.94. The van der Waals surface area contributed by atoms with Crippen molar-refractivity contribution in [3.05, 3.63) is 23.4 Å². The third-order valence-corrected chi connectivity index (χ3v) is 2.68. The van der Waals surface area contributed by atoms with E-state index < -0.39 is 12.0 Å². The van der Waals surface area contributed by atoms with Crippen molar-refractivity contribution in [2.75, 3.05) is 7.11 Å². The fourth-order valence-electron chi connectivity index (χ4n) is 1.94. The summed E-state index contributed by atoms with van der Waals surface area (Å²) in [5.74, 6) is -1.08. The van der Waals surface area contributed by atoms with Gasteiger partial charge in [0.15, 0.2) is 11.8 Å². The quantitative estimate of drug-likeness (QED) is 0.468. The number of carbonyl (C=O) groups excluding carboxylic acids is 3. The van der Waals surface area contributed by atoms with Crippen LogP contribution < -0.4 is 0 Å². The zero-order chi connectivity index (χ0) is 11.9. The number of hydrogen-bond donors (Lipinski definition) is 0. The number of rotatable bonds is 1. The number of carbonyl (C=O) groups is 3. The Morgan fingerprint density at radius 1 is 1.50 bits per heavy atom. The number of methoxy groups -OCH3 is 1. The monoisotopic (exact) mass is 221 g/mol. The first kappa shape index (κ1) is 10.6. The van der Waals surface area contributed by atoms with Crippen molar-refractivity contribution in [3.8, 4) is 0 Å². The third kappa shape index (κ3) is 1.44. The van der Waals surface area contributed by atoms with Crippen LogP contribution in [0.15, 0.2) is 23.4 Å². The first-order valence-corrected chi connectivity index (χ1v) is 4.88. The molecule has 0 saturated carbocycles. The van der Waals surface area contributed by atoms with E-state index in [9.17, 15) is 14.4 Å². The summed E-state index contributed by atoms with van der Waals surface area (Å²) in [6, 6.07) is -0.725. The lowest BCUT2D eigenvalue weighted by Gasteiger charge is -2.26. The van der Waals surface area contributed by atoms with Gasteiger partial charge in [-0.3, -0.25) is 14.5 Å². The molecule has 84 valence electrons. The van der Waals surface area contributed by atoms with Gasteiger partial charge in [-0.2, -0.15) is 0 Å². The van der Waals surface area contributed by atoms with Gasteiger partial charge >= 0.3 is 5.97 Å². The molecule has 5 heteroatoms. The van der Waals surface area contributed by atoms with Crippen LogP contribution in [0.25, 0.3) is 0 Å². The standard InChI is InChI=1S/C11H11NO4/c1-6-3-9(11(15)16-2)12-8(6)4-7(13)5-10(12)14/h3-4,9H,5H2,1-2H3/t9-/m0/s1. The second-order valence-electron chi connectivity index (χ2n) is 3.75. The molecule has 2 aliphatic heterocycles. The third-order valence-electron chi connectivity index (χ3n) is 2.68. The molecule has 0 spiro atoms. The predicted molar refractivity (Wildman–Crippen MR) is 54.1 cm³/mol. The Hall–Kier alpha value is -1.91. The Morgan fingerprint density at radius 3 is 2.81 bits per heavy atom. The number of ether oxygens (including phenoxy) is 1. The zero-order valence-electron chi connectivity index (χ0n) is 9.02. The van der Waals surface area contributed by atoms with Crippen molar-refractivity contribution in [3.63, 3.8) is 0 Å². The van der Waals surface area contributed by atoms with E-state index in [1.54, 1.807) is 13.0 Å². The lowest BCUT2D eigenvalue weighted by molar-refractivity contribution is -0.149. The summed E-state index contributed by atoms with van der Waals surface area (Å²) in [6.07, 6.45) is 2.85. The molecule has 1 atom stereocenters. The molecule has 0 aromatic carbocycles. The maximum Gasteiger partial charge on any atom is 0.333 e. The van der Waals surface area contributed by atoms with Gasteiger partial charge in [0.05, 0.1) is 19.2 Å². The highest BCUT2D eigenvalue weighted by Crippen LogP contribution is 2.31. The summed E-state index contributed by atoms with van der Waals surface area (Å²) in [5, 5.41) is 0. The van der Waals surface area contributed by atoms with Crippen LogP contribution in [0.5, 0.6) is 0 Å². The van der Waals surface area contributed by atoms with Crippen LogP contribution in [-0.4, -0.2) is 35.7 Å². The van der Waals surface area contributed by atoms with Gasteiger partial charge in [0.25, 0.3) is 0 Å². The van der Waals surface area contributed by atoms with Gasteiger partial charge in [0.1, 0.15) is 0 Å². The van der Waals surface area contributed by atoms with Gasteiger partial charge in [-0.15, -0.1) is 0 Å². The summed E-state index contributed by atoms with van der Waals surface area (Å²) in [5.41, 5.74) is 1.26. The van der Waals surface area contributed by atoms with E-state index in [-0.39, 0.29) is 18.1 Å². The molecular formula is C11H11NO4. The molecule has 0 unspecified atom stereocenters. The van der Waals surface area contributed by atoms with E-state index in [0.717, 1.165) is 5.57 Å². The molecule has 0 aromatic heterocycles. The van der Waals surface area contributed by atoms with Crippen molar-refractivity contribution in [1.82, 2.24) is 4.90 Å². The lowest BCUT2D eigenvalue weighted by atomic mass is 10.1. The second kappa shape index (κ2) is 3.59. The normalized spacial score (nSPS) is 23.9. The van der Waals surface area contributed by atoms with E-state index in [0.29, 0.717) is 5.70 Å². The summed E-state index contributed by atoms with van der Waals surface area (Å²) in [6.45, 7) is 1.76. The number of fused-ring (bicyclic) bond motifs is 1. The molecule has 0 N–H and O–H groups in total. The molecule has 0 aliphatic carbocycles. The summed E-state index contributed by atoms with van der Waals surface area (Å²) < 4.78 is 4.62. The minimum Gasteiger partial charge on any atom is -0.467 e. The molecule has 0 fully saturated rings. The Bertz CT molecular complexity index is 447. The average molecular weight is 221 g/mol. The van der Waals surface area contributed by atoms with Crippen molar-refractivity contribution in [1.29, 1.82) is 0 Å². The van der Waals surface area contributed by atoms with Gasteiger partial charge in [-0.05, 0) is 18.6 Å². The highest BCUT2D eigenvalue weighted by molar-refractivity contribution is 6.09. The molecule has 2 heterocycles. The summed E-state index contributed by atoms with van der Waals surface area (Å²) in [7, 11) is 1.27. The number of esters is 1. The molecule has 0 bridgehead atoms. The number of nitrogens with zero attached hydrogens (tertiary/aromatic N) is 1. The van der Waals surface area contributed by atoms with E-state index >= 15 is 0 Å². The molecule has 1 amide bonds. The summed E-state index contributed by atoms with van der Waals surface area (Å²) in [4.78, 5) is 35.7. The zero-order valence-corrected chi connectivity index (χ0v) is 9.02. The molecule has 2 rings (SSSR count). The van der Waals surface area contributed by atoms with Crippen LogP contribution in [0.1, 0.15) is 13.3 Å². The van der Waals surface area contributed by atoms with Crippen LogP contribution >= 0.6 is 0 Å². The van der Waals surface area contributed by atoms with Crippen LogP contribution in [-0.2, 0) is 19.1 Å². The van der Waals surface area contributed by atoms with Crippen LogP contribution in [0.4, 0.5) is 0 Å². The molecule has 0 saturated heterocycles. The van der Waals surface area contributed by atoms with Gasteiger partial charge < -0.3 is 4.74 Å². The largest absolute Gasteiger partial charge is 0.467 e. The molecule has 16 heavy (non-hydrogen) atoms. The number of amides is 1. The molecule has 5 nitrogen and oxygen atoms in total. The summed E-state index contributed by atoms with van der Waals surface area (Å²) >= 11 is 0. The molecule has 0 aromatic rings. The first-order chi connectivity index (χ1) is 7.54. The molecule has 0 radical (unpaired) electrons. The van der Waals surface area contributed by atoms with Gasteiger partial charge in [-0.1, -0.05) is 0 Å². The van der Waals surface area contributed by atoms with Crippen molar-refractivity contribution in [2.24, 2.45) is 0 Å². The van der Waals surface area contributed by atoms with Crippen LogP contribution in [0.3, 0.4) is 0 Å². The van der Waals surface area contributed by atoms with Gasteiger partial charge in [-0.25, -0.2) is 4.79 Å². The van der Waals surface area contributed by atoms with E-state index in [4.69, 9.17) is 0 Å². The minimum atomic E-state index is -0.725. The van der Waals surface area contributed by atoms with E-state index in [2.05, 4.69) is 4.74 Å². The van der Waals surface area contributed by atoms with Crippen LogP contribution in [0, 0.1) is 0 Å². The topological polar surface area (TPSA) is 63.7 Å². The van der Waals surface area contributed by atoms with E-state index in [1.165, 1.54) is 18.1 Å². The first-order valence-electron chi connectivity index (χ1n) is 4.88. The highest BCUT2D eigenvalue weighted by Gasteiger charge is 2.40. The van der Waals surface area contributed by atoms with Crippen LogP contribution in [0.2, 0.25) is 0 Å². The minimum absolute atomic E-state index is 0.182. The van der Waals surface area contributed by atoms with Crippen molar-refractivity contribution in [2.45, 2.75) is 19.4 Å². The maximum atomic E-state index is 11.7. The smallest absolute Gasteiger partial charge is 0.333 e. The van der Waals surface area contributed by atoms with Crippen molar-refractivity contribution < 1.29 is 19.1 Å². The Balaban J connectivity index is 2.42. The Morgan fingerprint density at radius 2 is 2.19 bits per heavy atom. The second-order valence-corrected chi connectivity index (χ2v) is 3.75. The molecule has 2 aliphatic rings. The average Bonchev–Trinajstić information content (AvgIpc) is 2.55. The van der Waals surface area contributed by atoms with Gasteiger partial charge in [0, 0.05) is 6.08 Å². The van der Waals surface area contributed by atoms with Gasteiger partial charge in [0.2, 0.25) is 5.91 Å².